The number of aliphatic carboxylic acids is 1. The number of carboxylic acid groups (broad SMARTS) is 1. The highest BCUT2D eigenvalue weighted by molar-refractivity contribution is 5.86. The van der Waals surface area contributed by atoms with Gasteiger partial charge >= 0.3 is 11.9 Å². The van der Waals surface area contributed by atoms with Crippen LogP contribution in [0.25, 0.3) is 0 Å². The van der Waals surface area contributed by atoms with Crippen molar-refractivity contribution in [3.8, 4) is 0 Å². The summed E-state index contributed by atoms with van der Waals surface area (Å²) in [6.07, 6.45) is 2.89. The topological polar surface area (TPSA) is 91.7 Å². The van der Waals surface area contributed by atoms with E-state index < -0.39 is 42.0 Å². The third-order valence-electron chi connectivity index (χ3n) is 5.45. The van der Waals surface area contributed by atoms with Gasteiger partial charge in [-0.05, 0) is 31.6 Å². The van der Waals surface area contributed by atoms with E-state index in [1.54, 1.807) is 6.92 Å². The van der Waals surface area contributed by atoms with E-state index in [1.165, 1.54) is 0 Å². The van der Waals surface area contributed by atoms with Crippen molar-refractivity contribution in [2.75, 3.05) is 0 Å². The van der Waals surface area contributed by atoms with Crippen LogP contribution in [-0.2, 0) is 14.4 Å². The van der Waals surface area contributed by atoms with Crippen LogP contribution in [0.15, 0.2) is 0 Å². The molecule has 27 heavy (non-hydrogen) atoms. The predicted octanol–water partition coefficient (Wildman–Crippen LogP) is 4.15. The minimum absolute atomic E-state index is 0.0226. The molecule has 1 saturated carbocycles. The zero-order valence-corrected chi connectivity index (χ0v) is 16.1. The minimum Gasteiger partial charge on any atom is -0.481 e. The molecule has 0 aromatic rings. The third kappa shape index (κ3) is 8.03. The normalized spacial score (nSPS) is 23.0. The first-order chi connectivity index (χ1) is 12.7. The Bertz CT molecular complexity index is 507. The van der Waals surface area contributed by atoms with E-state index in [1.807, 2.05) is 0 Å². The van der Waals surface area contributed by atoms with Crippen molar-refractivity contribution in [1.29, 1.82) is 0 Å². The molecule has 1 aliphatic rings. The molecule has 0 spiro atoms. The Morgan fingerprint density at radius 2 is 1.74 bits per heavy atom. The summed E-state index contributed by atoms with van der Waals surface area (Å²) in [5.74, 6) is -6.16. The maximum absolute atomic E-state index is 13.8. The molecule has 0 aromatic carbocycles. The highest BCUT2D eigenvalue weighted by Crippen LogP contribution is 2.37. The molecule has 0 unspecified atom stereocenters. The van der Waals surface area contributed by atoms with Gasteiger partial charge in [-0.2, -0.15) is 8.78 Å². The number of hydrogen-bond donors (Lipinski definition) is 2. The van der Waals surface area contributed by atoms with Gasteiger partial charge in [-0.15, -0.1) is 0 Å². The first-order valence-corrected chi connectivity index (χ1v) is 10.0. The number of carbonyl (C=O) groups excluding carboxylic acids is 2. The largest absolute Gasteiger partial charge is 0.481 e. The second-order valence-electron chi connectivity index (χ2n) is 7.62. The molecule has 0 radical (unpaired) electrons. The molecule has 7 heteroatoms. The number of Topliss-reactive ketones (excluding diaryl/α,β-unsaturated/α-hetero) is 2. The van der Waals surface area contributed by atoms with E-state index in [9.17, 15) is 28.3 Å². The number of carboxylic acids is 1. The van der Waals surface area contributed by atoms with Gasteiger partial charge in [0.15, 0.2) is 0 Å². The number of alkyl halides is 2. The Hall–Kier alpha value is -1.37. The Morgan fingerprint density at radius 1 is 1.07 bits per heavy atom. The quantitative estimate of drug-likeness (QED) is 0.435. The fraction of sp³-hybridized carbons (Fsp3) is 0.850. The first kappa shape index (κ1) is 23.7. The standard InChI is InChI=1S/C20H32F2O5/c1-2-3-12-20(21,22)18(25)11-10-15-14(16(23)13-17(15)24)8-6-4-5-7-9-19(26)27/h14-15,17,24H,2-13H2,1H3,(H,26,27)/t14-,15+,17+/m1/s1. The molecule has 0 bridgehead atoms. The fourth-order valence-corrected chi connectivity index (χ4v) is 3.80. The molecule has 3 atom stereocenters. The summed E-state index contributed by atoms with van der Waals surface area (Å²) in [6, 6.07) is 0. The molecule has 156 valence electrons. The van der Waals surface area contributed by atoms with Crippen molar-refractivity contribution < 1.29 is 33.4 Å². The number of carbonyl (C=O) groups is 3. The smallest absolute Gasteiger partial charge is 0.305 e. The SMILES string of the molecule is CCCCC(F)(F)C(=O)CC[C@@H]1[C@@H](O)CC(=O)[C@@H]1CCCCCCC(=O)O. The minimum atomic E-state index is -3.33. The Labute approximate surface area is 159 Å². The number of hydrogen-bond acceptors (Lipinski definition) is 4. The summed E-state index contributed by atoms with van der Waals surface area (Å²) in [4.78, 5) is 34.4. The number of unbranched alkanes of at least 4 members (excludes halogenated alkanes) is 4. The average molecular weight is 390 g/mol. The lowest BCUT2D eigenvalue weighted by Gasteiger charge is -2.22. The molecule has 2 N–H and O–H groups in total. The van der Waals surface area contributed by atoms with Crippen molar-refractivity contribution >= 4 is 17.5 Å². The molecular formula is C20H32F2O5. The summed E-state index contributed by atoms with van der Waals surface area (Å²) in [7, 11) is 0. The molecule has 0 amide bonds. The van der Waals surface area contributed by atoms with E-state index >= 15 is 0 Å². The average Bonchev–Trinajstić information content (AvgIpc) is 2.86. The van der Waals surface area contributed by atoms with Crippen molar-refractivity contribution in [3.05, 3.63) is 0 Å². The van der Waals surface area contributed by atoms with Crippen molar-refractivity contribution in [3.63, 3.8) is 0 Å². The molecule has 1 aliphatic carbocycles. The van der Waals surface area contributed by atoms with Gasteiger partial charge in [-0.3, -0.25) is 14.4 Å². The lowest BCUT2D eigenvalue weighted by Crippen LogP contribution is -2.30. The maximum atomic E-state index is 13.8. The monoisotopic (exact) mass is 390 g/mol. The van der Waals surface area contributed by atoms with E-state index in [-0.39, 0.29) is 37.9 Å². The van der Waals surface area contributed by atoms with Gasteiger partial charge < -0.3 is 10.2 Å². The van der Waals surface area contributed by atoms with E-state index in [0.717, 1.165) is 19.3 Å². The van der Waals surface area contributed by atoms with Crippen LogP contribution in [-0.4, -0.2) is 39.8 Å². The molecular weight excluding hydrogens is 358 g/mol. The molecule has 0 heterocycles. The van der Waals surface area contributed by atoms with Crippen molar-refractivity contribution in [2.24, 2.45) is 11.8 Å². The highest BCUT2D eigenvalue weighted by Gasteiger charge is 2.43. The van der Waals surface area contributed by atoms with Crippen LogP contribution in [0.4, 0.5) is 8.78 Å². The second kappa shape index (κ2) is 11.5. The molecule has 0 aromatic heterocycles. The van der Waals surface area contributed by atoms with E-state index in [4.69, 9.17) is 5.11 Å². The van der Waals surface area contributed by atoms with Crippen LogP contribution in [0.5, 0.6) is 0 Å². The van der Waals surface area contributed by atoms with Gasteiger partial charge in [-0.1, -0.05) is 32.6 Å². The van der Waals surface area contributed by atoms with Crippen molar-refractivity contribution in [1.82, 2.24) is 0 Å². The van der Waals surface area contributed by atoms with Gasteiger partial charge in [0, 0.05) is 31.6 Å². The zero-order chi connectivity index (χ0) is 20.4. The summed E-state index contributed by atoms with van der Waals surface area (Å²) >= 11 is 0. The molecule has 1 rings (SSSR count). The number of aliphatic hydroxyl groups excluding tert-OH is 1. The van der Waals surface area contributed by atoms with Crippen LogP contribution in [0.2, 0.25) is 0 Å². The summed E-state index contributed by atoms with van der Waals surface area (Å²) in [5, 5.41) is 18.7. The first-order valence-electron chi connectivity index (χ1n) is 10.0. The zero-order valence-electron chi connectivity index (χ0n) is 16.1. The molecule has 5 nitrogen and oxygen atoms in total. The van der Waals surface area contributed by atoms with Crippen LogP contribution >= 0.6 is 0 Å². The number of halogens is 2. The van der Waals surface area contributed by atoms with Crippen LogP contribution in [0.1, 0.15) is 84.0 Å². The third-order valence-corrected chi connectivity index (χ3v) is 5.45. The van der Waals surface area contributed by atoms with Gasteiger partial charge in [-0.25, -0.2) is 0 Å². The molecule has 1 fully saturated rings. The van der Waals surface area contributed by atoms with Gasteiger partial charge in [0.1, 0.15) is 5.78 Å². The summed E-state index contributed by atoms with van der Waals surface area (Å²) < 4.78 is 27.6. The second-order valence-corrected chi connectivity index (χ2v) is 7.62. The maximum Gasteiger partial charge on any atom is 0.305 e. The highest BCUT2D eigenvalue weighted by atomic mass is 19.3. The Morgan fingerprint density at radius 3 is 2.37 bits per heavy atom. The Kier molecular flexibility index (Phi) is 10.1. The summed E-state index contributed by atoms with van der Waals surface area (Å²) in [6.45, 7) is 1.79. The van der Waals surface area contributed by atoms with Crippen molar-refractivity contribution in [2.45, 2.75) is 96.0 Å². The number of rotatable bonds is 14. The van der Waals surface area contributed by atoms with E-state index in [2.05, 4.69) is 0 Å². The lowest BCUT2D eigenvalue weighted by molar-refractivity contribution is -0.144. The van der Waals surface area contributed by atoms with Crippen LogP contribution < -0.4 is 0 Å². The number of aliphatic hydroxyl groups is 1. The van der Waals surface area contributed by atoms with Gasteiger partial charge in [0.05, 0.1) is 6.10 Å². The van der Waals surface area contributed by atoms with Gasteiger partial charge in [0.2, 0.25) is 5.78 Å². The fourth-order valence-electron chi connectivity index (χ4n) is 3.80. The molecule has 0 saturated heterocycles. The predicted molar refractivity (Wildman–Crippen MR) is 96.7 cm³/mol. The summed E-state index contributed by atoms with van der Waals surface area (Å²) in [5.41, 5.74) is 0. The van der Waals surface area contributed by atoms with Crippen LogP contribution in [0, 0.1) is 11.8 Å². The van der Waals surface area contributed by atoms with Crippen LogP contribution in [0.3, 0.4) is 0 Å². The molecule has 0 aliphatic heterocycles. The lowest BCUT2D eigenvalue weighted by atomic mass is 9.85. The number of ketones is 2. The van der Waals surface area contributed by atoms with E-state index in [0.29, 0.717) is 19.3 Å². The van der Waals surface area contributed by atoms with Gasteiger partial charge in [0.25, 0.3) is 0 Å². The Balaban J connectivity index is 2.45.